The highest BCUT2D eigenvalue weighted by Crippen LogP contribution is 2.28. The maximum absolute atomic E-state index is 12.5. The second-order valence-corrected chi connectivity index (χ2v) is 4.76. The van der Waals surface area contributed by atoms with Gasteiger partial charge in [-0.2, -0.15) is 13.2 Å². The van der Waals surface area contributed by atoms with Gasteiger partial charge in [-0.15, -0.1) is 0 Å². The predicted molar refractivity (Wildman–Crippen MR) is 64.8 cm³/mol. The number of pyridine rings is 1. The molecule has 0 spiro atoms. The van der Waals surface area contributed by atoms with Gasteiger partial charge in [0.15, 0.2) is 0 Å². The van der Waals surface area contributed by atoms with Gasteiger partial charge in [0.25, 0.3) is 0 Å². The molecule has 1 aromatic rings. The summed E-state index contributed by atoms with van der Waals surface area (Å²) in [5, 5.41) is 16.0. The standard InChI is InChI=1S/C12H16F3N3O/c13-12(14,15)9-3-1-4-10(18-9)17-8-11(19)5-2-6-16-7-11/h1,3-4,16,19H,2,5-8H2,(H,17,18)/t11-/m1/s1. The number of anilines is 1. The largest absolute Gasteiger partial charge is 0.433 e. The number of alkyl halides is 3. The van der Waals surface area contributed by atoms with E-state index in [4.69, 9.17) is 0 Å². The summed E-state index contributed by atoms with van der Waals surface area (Å²) in [7, 11) is 0. The van der Waals surface area contributed by atoms with Gasteiger partial charge < -0.3 is 15.7 Å². The Morgan fingerprint density at radius 2 is 2.21 bits per heavy atom. The molecule has 2 rings (SSSR count). The zero-order valence-corrected chi connectivity index (χ0v) is 10.3. The van der Waals surface area contributed by atoms with E-state index in [0.717, 1.165) is 19.0 Å². The highest BCUT2D eigenvalue weighted by molar-refractivity contribution is 5.36. The van der Waals surface area contributed by atoms with E-state index in [1.165, 1.54) is 12.1 Å². The van der Waals surface area contributed by atoms with Crippen LogP contribution in [0.1, 0.15) is 18.5 Å². The Bertz CT molecular complexity index is 430. The second-order valence-electron chi connectivity index (χ2n) is 4.76. The minimum atomic E-state index is -4.46. The van der Waals surface area contributed by atoms with Crippen LogP contribution in [0.4, 0.5) is 19.0 Å². The molecule has 1 aliphatic heterocycles. The lowest BCUT2D eigenvalue weighted by molar-refractivity contribution is -0.141. The van der Waals surface area contributed by atoms with Gasteiger partial charge in [0.2, 0.25) is 0 Å². The molecule has 0 aromatic carbocycles. The summed E-state index contributed by atoms with van der Waals surface area (Å²) < 4.78 is 37.5. The van der Waals surface area contributed by atoms with E-state index >= 15 is 0 Å². The van der Waals surface area contributed by atoms with E-state index in [-0.39, 0.29) is 12.4 Å². The fourth-order valence-corrected chi connectivity index (χ4v) is 2.05. The van der Waals surface area contributed by atoms with Gasteiger partial charge in [-0.25, -0.2) is 4.98 Å². The van der Waals surface area contributed by atoms with Crippen molar-refractivity contribution in [3.8, 4) is 0 Å². The third-order valence-electron chi connectivity index (χ3n) is 3.09. The predicted octanol–water partition coefficient (Wildman–Crippen LogP) is 1.63. The third-order valence-corrected chi connectivity index (χ3v) is 3.09. The van der Waals surface area contributed by atoms with Crippen molar-refractivity contribution in [3.05, 3.63) is 23.9 Å². The summed E-state index contributed by atoms with van der Waals surface area (Å²) in [6.45, 7) is 1.46. The molecule has 0 saturated carbocycles. The first-order valence-electron chi connectivity index (χ1n) is 6.10. The van der Waals surface area contributed by atoms with E-state index in [1.54, 1.807) is 0 Å². The smallest absolute Gasteiger partial charge is 0.387 e. The average Bonchev–Trinajstić information content (AvgIpc) is 2.37. The maximum atomic E-state index is 12.5. The van der Waals surface area contributed by atoms with Crippen molar-refractivity contribution >= 4 is 5.82 Å². The summed E-state index contributed by atoms with van der Waals surface area (Å²) in [5.74, 6) is 0.119. The molecule has 0 amide bonds. The number of halogens is 3. The first kappa shape index (κ1) is 14.1. The SMILES string of the molecule is O[C@]1(CNc2cccc(C(F)(F)F)n2)CCCNC1. The molecule has 1 saturated heterocycles. The molecular formula is C12H16F3N3O. The molecule has 1 aromatic heterocycles. The molecule has 1 aliphatic rings. The molecule has 106 valence electrons. The molecule has 0 radical (unpaired) electrons. The Kier molecular flexibility index (Phi) is 3.96. The van der Waals surface area contributed by atoms with Crippen molar-refractivity contribution in [3.63, 3.8) is 0 Å². The van der Waals surface area contributed by atoms with Crippen LogP contribution in [0.25, 0.3) is 0 Å². The second kappa shape index (κ2) is 5.34. The summed E-state index contributed by atoms with van der Waals surface area (Å²) in [6.07, 6.45) is -3.00. The molecule has 7 heteroatoms. The van der Waals surface area contributed by atoms with Crippen LogP contribution >= 0.6 is 0 Å². The molecule has 4 nitrogen and oxygen atoms in total. The van der Waals surface area contributed by atoms with Gasteiger partial charge in [0, 0.05) is 13.1 Å². The van der Waals surface area contributed by atoms with Crippen LogP contribution in [0.5, 0.6) is 0 Å². The van der Waals surface area contributed by atoms with Crippen LogP contribution in [0, 0.1) is 0 Å². The minimum Gasteiger partial charge on any atom is -0.387 e. The summed E-state index contributed by atoms with van der Waals surface area (Å²) in [6, 6.07) is 3.66. The van der Waals surface area contributed by atoms with Crippen LogP contribution in [0.3, 0.4) is 0 Å². The molecule has 1 fully saturated rings. The molecule has 0 unspecified atom stereocenters. The number of aromatic nitrogens is 1. The first-order valence-corrected chi connectivity index (χ1v) is 6.10. The third kappa shape index (κ3) is 3.81. The number of piperidine rings is 1. The maximum Gasteiger partial charge on any atom is 0.433 e. The van der Waals surface area contributed by atoms with E-state index in [2.05, 4.69) is 15.6 Å². The van der Waals surface area contributed by atoms with Gasteiger partial charge in [0.1, 0.15) is 11.5 Å². The normalized spacial score (nSPS) is 24.2. The van der Waals surface area contributed by atoms with Crippen molar-refractivity contribution in [1.82, 2.24) is 10.3 Å². The van der Waals surface area contributed by atoms with Crippen molar-refractivity contribution in [2.24, 2.45) is 0 Å². The van der Waals surface area contributed by atoms with Gasteiger partial charge in [-0.1, -0.05) is 6.07 Å². The Labute approximate surface area is 109 Å². The lowest BCUT2D eigenvalue weighted by Gasteiger charge is -2.32. The summed E-state index contributed by atoms with van der Waals surface area (Å²) in [4.78, 5) is 3.49. The number of hydrogen-bond donors (Lipinski definition) is 3. The molecule has 3 N–H and O–H groups in total. The Morgan fingerprint density at radius 3 is 2.84 bits per heavy atom. The highest BCUT2D eigenvalue weighted by atomic mass is 19.4. The monoisotopic (exact) mass is 275 g/mol. The van der Waals surface area contributed by atoms with Crippen LogP contribution in [-0.2, 0) is 6.18 Å². The number of nitrogens with zero attached hydrogens (tertiary/aromatic N) is 1. The molecule has 2 heterocycles. The Hall–Kier alpha value is -1.34. The van der Waals surface area contributed by atoms with Crippen molar-refractivity contribution in [2.45, 2.75) is 24.6 Å². The zero-order valence-electron chi connectivity index (χ0n) is 10.3. The number of hydrogen-bond acceptors (Lipinski definition) is 4. The van der Waals surface area contributed by atoms with Crippen molar-refractivity contribution in [2.75, 3.05) is 25.0 Å². The van der Waals surface area contributed by atoms with Gasteiger partial charge in [-0.05, 0) is 31.5 Å². The van der Waals surface area contributed by atoms with E-state index < -0.39 is 17.5 Å². The average molecular weight is 275 g/mol. The fraction of sp³-hybridized carbons (Fsp3) is 0.583. The number of aliphatic hydroxyl groups is 1. The van der Waals surface area contributed by atoms with E-state index in [0.29, 0.717) is 13.0 Å². The van der Waals surface area contributed by atoms with Crippen LogP contribution in [0.15, 0.2) is 18.2 Å². The first-order chi connectivity index (χ1) is 8.89. The van der Waals surface area contributed by atoms with Crippen molar-refractivity contribution in [1.29, 1.82) is 0 Å². The van der Waals surface area contributed by atoms with E-state index in [9.17, 15) is 18.3 Å². The van der Waals surface area contributed by atoms with Gasteiger partial charge in [0.05, 0.1) is 5.60 Å². The molecule has 0 aliphatic carbocycles. The topological polar surface area (TPSA) is 57.2 Å². The van der Waals surface area contributed by atoms with Gasteiger partial charge in [-0.3, -0.25) is 0 Å². The quantitative estimate of drug-likeness (QED) is 0.784. The summed E-state index contributed by atoms with van der Waals surface area (Å²) in [5.41, 5.74) is -1.87. The van der Waals surface area contributed by atoms with Crippen LogP contribution < -0.4 is 10.6 Å². The van der Waals surface area contributed by atoms with Crippen LogP contribution in [0.2, 0.25) is 0 Å². The number of nitrogens with one attached hydrogen (secondary N) is 2. The lowest BCUT2D eigenvalue weighted by atomic mass is 9.94. The van der Waals surface area contributed by atoms with Crippen LogP contribution in [-0.4, -0.2) is 35.3 Å². The van der Waals surface area contributed by atoms with E-state index in [1.807, 2.05) is 0 Å². The number of rotatable bonds is 3. The Balaban J connectivity index is 1.99. The van der Waals surface area contributed by atoms with Crippen molar-refractivity contribution < 1.29 is 18.3 Å². The lowest BCUT2D eigenvalue weighted by Crippen LogP contribution is -2.50. The molecule has 19 heavy (non-hydrogen) atoms. The fourth-order valence-electron chi connectivity index (χ4n) is 2.05. The minimum absolute atomic E-state index is 0.119. The number of β-amino-alcohol motifs (C(OH)–C–C–N with tert-alkyl or cyclic N) is 1. The zero-order chi connectivity index (χ0) is 13.9. The Morgan fingerprint density at radius 1 is 1.42 bits per heavy atom. The molecular weight excluding hydrogens is 259 g/mol. The summed E-state index contributed by atoms with van der Waals surface area (Å²) >= 11 is 0. The molecule has 0 bridgehead atoms. The van der Waals surface area contributed by atoms with Gasteiger partial charge >= 0.3 is 6.18 Å². The molecule has 1 atom stereocenters. The highest BCUT2D eigenvalue weighted by Gasteiger charge is 2.33.